The fraction of sp³-hybridized carbons (Fsp3) is 0.667. The van der Waals surface area contributed by atoms with Crippen LogP contribution in [-0.2, 0) is 4.74 Å². The molecule has 2 fully saturated rings. The number of anilines is 1. The van der Waals surface area contributed by atoms with Crippen LogP contribution in [0.4, 0.5) is 5.82 Å². The van der Waals surface area contributed by atoms with Gasteiger partial charge >= 0.3 is 5.69 Å². The summed E-state index contributed by atoms with van der Waals surface area (Å²) in [6.07, 6.45) is -0.877. The maximum Gasteiger partial charge on any atom is 0.351 e. The molecule has 0 amide bonds. The molecule has 0 radical (unpaired) electrons. The number of hydrogen-bond acceptors (Lipinski definition) is 7. The second kappa shape index (κ2) is 5.13. The van der Waals surface area contributed by atoms with E-state index in [1.54, 1.807) is 6.07 Å². The van der Waals surface area contributed by atoms with E-state index in [4.69, 9.17) is 9.84 Å². The highest BCUT2D eigenvalue weighted by Crippen LogP contribution is 2.28. The summed E-state index contributed by atoms with van der Waals surface area (Å²) < 4.78 is 6.40. The standard InChI is InChI=1S/C12H17N3O5/c16-5-7-9(17)10(18)11(20-7)15-4-3-8(14-12(15)19)13-6-1-2-6/h3-4,6-7,9-11,16-18H,1-2,5H2,(H,13,14,19). The van der Waals surface area contributed by atoms with Gasteiger partial charge in [-0.05, 0) is 18.9 Å². The Morgan fingerprint density at radius 1 is 1.40 bits per heavy atom. The topological polar surface area (TPSA) is 117 Å². The molecule has 1 aliphatic carbocycles. The van der Waals surface area contributed by atoms with Crippen LogP contribution in [0.1, 0.15) is 19.1 Å². The third-order valence-electron chi connectivity index (χ3n) is 3.55. The third kappa shape index (κ3) is 2.42. The summed E-state index contributed by atoms with van der Waals surface area (Å²) >= 11 is 0. The number of ether oxygens (including phenoxy) is 1. The lowest BCUT2D eigenvalue weighted by molar-refractivity contribution is -0.0549. The van der Waals surface area contributed by atoms with E-state index in [0.29, 0.717) is 11.9 Å². The Bertz CT molecular complexity index is 544. The van der Waals surface area contributed by atoms with Gasteiger partial charge in [-0.15, -0.1) is 0 Å². The molecule has 8 nitrogen and oxygen atoms in total. The molecular weight excluding hydrogens is 266 g/mol. The number of aromatic nitrogens is 2. The van der Waals surface area contributed by atoms with Crippen molar-refractivity contribution in [3.63, 3.8) is 0 Å². The van der Waals surface area contributed by atoms with E-state index in [1.807, 2.05) is 0 Å². The van der Waals surface area contributed by atoms with Crippen molar-refractivity contribution in [1.29, 1.82) is 0 Å². The molecule has 2 heterocycles. The summed E-state index contributed by atoms with van der Waals surface area (Å²) in [5.41, 5.74) is -0.578. The van der Waals surface area contributed by atoms with Gasteiger partial charge in [-0.25, -0.2) is 4.79 Å². The monoisotopic (exact) mass is 283 g/mol. The first kappa shape index (κ1) is 13.5. The van der Waals surface area contributed by atoms with Crippen molar-refractivity contribution in [3.05, 3.63) is 22.7 Å². The van der Waals surface area contributed by atoms with Crippen LogP contribution in [-0.4, -0.2) is 55.8 Å². The highest BCUT2D eigenvalue weighted by atomic mass is 16.6. The van der Waals surface area contributed by atoms with Crippen LogP contribution < -0.4 is 11.0 Å². The van der Waals surface area contributed by atoms with Gasteiger partial charge in [0.1, 0.15) is 24.1 Å². The summed E-state index contributed by atoms with van der Waals surface area (Å²) in [6, 6.07) is 2.00. The zero-order valence-corrected chi connectivity index (χ0v) is 10.7. The Morgan fingerprint density at radius 2 is 2.15 bits per heavy atom. The van der Waals surface area contributed by atoms with E-state index in [9.17, 15) is 15.0 Å². The summed E-state index contributed by atoms with van der Waals surface area (Å²) in [6.45, 7) is -0.432. The minimum Gasteiger partial charge on any atom is -0.394 e. The van der Waals surface area contributed by atoms with Crippen molar-refractivity contribution in [2.45, 2.75) is 43.4 Å². The highest BCUT2D eigenvalue weighted by Gasteiger charge is 2.43. The Hall–Kier alpha value is -1.48. The predicted octanol–water partition coefficient (Wildman–Crippen LogP) is -1.57. The normalized spacial score (nSPS) is 33.4. The summed E-state index contributed by atoms with van der Waals surface area (Å²) in [5.74, 6) is 0.487. The maximum absolute atomic E-state index is 12.0. The molecule has 110 valence electrons. The molecule has 2 aliphatic rings. The van der Waals surface area contributed by atoms with Crippen LogP contribution in [0.25, 0.3) is 0 Å². The van der Waals surface area contributed by atoms with Crippen LogP contribution >= 0.6 is 0 Å². The lowest BCUT2D eigenvalue weighted by Crippen LogP contribution is -2.36. The molecule has 0 spiro atoms. The van der Waals surface area contributed by atoms with Crippen LogP contribution in [0.5, 0.6) is 0 Å². The molecule has 1 aliphatic heterocycles. The lowest BCUT2D eigenvalue weighted by Gasteiger charge is -2.17. The van der Waals surface area contributed by atoms with Gasteiger partial charge < -0.3 is 25.4 Å². The smallest absolute Gasteiger partial charge is 0.351 e. The van der Waals surface area contributed by atoms with Crippen molar-refractivity contribution in [2.75, 3.05) is 11.9 Å². The molecule has 1 aromatic rings. The molecule has 1 saturated heterocycles. The average molecular weight is 283 g/mol. The largest absolute Gasteiger partial charge is 0.394 e. The Kier molecular flexibility index (Phi) is 3.47. The minimum atomic E-state index is -1.28. The van der Waals surface area contributed by atoms with Crippen LogP contribution in [0, 0.1) is 0 Å². The van der Waals surface area contributed by atoms with E-state index in [1.165, 1.54) is 6.20 Å². The molecule has 8 heteroatoms. The molecule has 20 heavy (non-hydrogen) atoms. The van der Waals surface area contributed by atoms with Crippen molar-refractivity contribution < 1.29 is 20.1 Å². The van der Waals surface area contributed by atoms with Gasteiger partial charge in [0.25, 0.3) is 0 Å². The molecule has 1 aromatic heterocycles. The first-order chi connectivity index (χ1) is 9.60. The van der Waals surface area contributed by atoms with Crippen molar-refractivity contribution in [1.82, 2.24) is 9.55 Å². The van der Waals surface area contributed by atoms with Crippen LogP contribution in [0.15, 0.2) is 17.1 Å². The maximum atomic E-state index is 12.0. The number of hydrogen-bond donors (Lipinski definition) is 4. The molecule has 4 atom stereocenters. The summed E-state index contributed by atoms with van der Waals surface area (Å²) in [7, 11) is 0. The first-order valence-corrected chi connectivity index (χ1v) is 6.58. The quantitative estimate of drug-likeness (QED) is 0.527. The second-order valence-corrected chi connectivity index (χ2v) is 5.15. The van der Waals surface area contributed by atoms with Crippen molar-refractivity contribution in [2.24, 2.45) is 0 Å². The Balaban J connectivity index is 1.81. The Morgan fingerprint density at radius 3 is 2.70 bits per heavy atom. The fourth-order valence-corrected chi connectivity index (χ4v) is 2.23. The van der Waals surface area contributed by atoms with Gasteiger partial charge in [0.15, 0.2) is 6.23 Å². The first-order valence-electron chi connectivity index (χ1n) is 6.58. The van der Waals surface area contributed by atoms with Crippen LogP contribution in [0.3, 0.4) is 0 Å². The lowest BCUT2D eigenvalue weighted by atomic mass is 10.1. The molecule has 4 unspecified atom stereocenters. The van der Waals surface area contributed by atoms with Crippen molar-refractivity contribution >= 4 is 5.82 Å². The molecule has 3 rings (SSSR count). The van der Waals surface area contributed by atoms with E-state index in [0.717, 1.165) is 17.4 Å². The number of aliphatic hydroxyl groups excluding tert-OH is 3. The molecule has 0 aromatic carbocycles. The fourth-order valence-electron chi connectivity index (χ4n) is 2.23. The number of nitrogens with one attached hydrogen (secondary N) is 1. The minimum absolute atomic E-state index is 0.381. The van der Waals surface area contributed by atoms with Crippen molar-refractivity contribution in [3.8, 4) is 0 Å². The number of nitrogens with zero attached hydrogens (tertiary/aromatic N) is 2. The van der Waals surface area contributed by atoms with Crippen LogP contribution in [0.2, 0.25) is 0 Å². The zero-order valence-electron chi connectivity index (χ0n) is 10.7. The van der Waals surface area contributed by atoms with E-state index in [-0.39, 0.29) is 0 Å². The highest BCUT2D eigenvalue weighted by molar-refractivity contribution is 5.35. The third-order valence-corrected chi connectivity index (χ3v) is 3.55. The average Bonchev–Trinajstić information content (AvgIpc) is 3.19. The second-order valence-electron chi connectivity index (χ2n) is 5.15. The van der Waals surface area contributed by atoms with E-state index in [2.05, 4.69) is 10.3 Å². The van der Waals surface area contributed by atoms with Gasteiger partial charge in [-0.1, -0.05) is 0 Å². The molecule has 4 N–H and O–H groups in total. The SMILES string of the molecule is O=c1nc(NC2CC2)ccn1C1OC(CO)C(O)C1O. The Labute approximate surface area is 114 Å². The summed E-state index contributed by atoms with van der Waals surface area (Å²) in [5, 5.41) is 31.7. The van der Waals surface area contributed by atoms with Gasteiger partial charge in [0.05, 0.1) is 6.61 Å². The summed E-state index contributed by atoms with van der Waals surface area (Å²) in [4.78, 5) is 15.8. The van der Waals surface area contributed by atoms with E-state index < -0.39 is 36.8 Å². The van der Waals surface area contributed by atoms with E-state index >= 15 is 0 Å². The number of aliphatic hydroxyl groups is 3. The predicted molar refractivity (Wildman–Crippen MR) is 68.2 cm³/mol. The number of rotatable bonds is 4. The molecule has 1 saturated carbocycles. The van der Waals surface area contributed by atoms with Gasteiger partial charge in [0, 0.05) is 12.2 Å². The van der Waals surface area contributed by atoms with Gasteiger partial charge in [0.2, 0.25) is 0 Å². The van der Waals surface area contributed by atoms with Gasteiger partial charge in [-0.2, -0.15) is 4.98 Å². The molecule has 0 bridgehead atoms. The van der Waals surface area contributed by atoms with Gasteiger partial charge in [-0.3, -0.25) is 4.57 Å². The zero-order chi connectivity index (χ0) is 14.3. The molecular formula is C12H17N3O5.